The van der Waals surface area contributed by atoms with Crippen molar-refractivity contribution in [3.63, 3.8) is 0 Å². The normalized spacial score (nSPS) is 11.7. The van der Waals surface area contributed by atoms with Crippen LogP contribution < -0.4 is 0 Å². The van der Waals surface area contributed by atoms with E-state index in [0.29, 0.717) is 5.89 Å². The molecule has 0 aliphatic heterocycles. The summed E-state index contributed by atoms with van der Waals surface area (Å²) < 4.78 is 12.2. The predicted octanol–water partition coefficient (Wildman–Crippen LogP) is 7.68. The molecular weight excluding hydrogens is 370 g/mol. The number of para-hydroxylation sites is 2. The van der Waals surface area contributed by atoms with Crippen molar-refractivity contribution in [2.75, 3.05) is 0 Å². The van der Waals surface area contributed by atoms with E-state index in [-0.39, 0.29) is 0 Å². The molecule has 0 atom stereocenters. The maximum absolute atomic E-state index is 6.27. The molecule has 2 heterocycles. The fourth-order valence-corrected chi connectivity index (χ4v) is 4.14. The molecule has 4 aromatic carbocycles. The van der Waals surface area contributed by atoms with E-state index in [1.54, 1.807) is 0 Å². The van der Waals surface area contributed by atoms with Gasteiger partial charge in [0.25, 0.3) is 0 Å². The standard InChI is InChI=1S/C27H19NO2/c1-16-7-12-24-21(13-16)22-15-17(2)14-20(26(22)29-24)18-8-10-19(11-9-18)27-28-23-5-3-4-6-25(23)30-27/h3-15H,1-2H3. The van der Waals surface area contributed by atoms with Gasteiger partial charge in [-0.05, 0) is 73.5 Å². The molecule has 0 bridgehead atoms. The average Bonchev–Trinajstić information content (AvgIpc) is 3.35. The van der Waals surface area contributed by atoms with E-state index < -0.39 is 0 Å². The predicted molar refractivity (Wildman–Crippen MR) is 122 cm³/mol. The summed E-state index contributed by atoms with van der Waals surface area (Å²) in [5.74, 6) is 0.636. The molecule has 0 spiro atoms. The fourth-order valence-electron chi connectivity index (χ4n) is 4.14. The Kier molecular flexibility index (Phi) is 3.59. The fraction of sp³-hybridized carbons (Fsp3) is 0.0741. The average molecular weight is 389 g/mol. The third-order valence-electron chi connectivity index (χ3n) is 5.61. The van der Waals surface area contributed by atoms with Gasteiger partial charge in [-0.1, -0.05) is 35.9 Å². The molecule has 0 N–H and O–H groups in total. The topological polar surface area (TPSA) is 39.2 Å². The molecule has 0 fully saturated rings. The molecule has 3 nitrogen and oxygen atoms in total. The number of rotatable bonds is 2. The highest BCUT2D eigenvalue weighted by atomic mass is 16.3. The molecular formula is C27H19NO2. The molecule has 6 aromatic rings. The Morgan fingerprint density at radius 1 is 0.633 bits per heavy atom. The van der Waals surface area contributed by atoms with E-state index in [9.17, 15) is 0 Å². The van der Waals surface area contributed by atoms with Crippen LogP contribution in [-0.2, 0) is 0 Å². The largest absolute Gasteiger partial charge is 0.455 e. The first-order valence-electron chi connectivity index (χ1n) is 10.1. The summed E-state index contributed by atoms with van der Waals surface area (Å²) in [5, 5.41) is 2.32. The lowest BCUT2D eigenvalue weighted by Gasteiger charge is -2.06. The van der Waals surface area contributed by atoms with Crippen LogP contribution in [0, 0.1) is 13.8 Å². The lowest BCUT2D eigenvalue weighted by atomic mass is 9.98. The van der Waals surface area contributed by atoms with Crippen LogP contribution >= 0.6 is 0 Å². The molecule has 2 aromatic heterocycles. The maximum Gasteiger partial charge on any atom is 0.227 e. The number of oxazole rings is 1. The monoisotopic (exact) mass is 389 g/mol. The SMILES string of the molecule is Cc1ccc2oc3c(-c4ccc(-c5nc6ccccc6o5)cc4)cc(C)cc3c2c1. The highest BCUT2D eigenvalue weighted by Crippen LogP contribution is 2.37. The lowest BCUT2D eigenvalue weighted by molar-refractivity contribution is 0.620. The number of hydrogen-bond acceptors (Lipinski definition) is 3. The minimum atomic E-state index is 0.636. The van der Waals surface area contributed by atoms with Crippen molar-refractivity contribution in [3.05, 3.63) is 90.0 Å². The number of hydrogen-bond donors (Lipinski definition) is 0. The minimum absolute atomic E-state index is 0.636. The molecule has 3 heteroatoms. The quantitative estimate of drug-likeness (QED) is 0.305. The van der Waals surface area contributed by atoms with Gasteiger partial charge in [-0.25, -0.2) is 4.98 Å². The van der Waals surface area contributed by atoms with Gasteiger partial charge in [0.1, 0.15) is 16.7 Å². The van der Waals surface area contributed by atoms with E-state index in [1.807, 2.05) is 24.3 Å². The van der Waals surface area contributed by atoms with E-state index >= 15 is 0 Å². The Morgan fingerprint density at radius 2 is 1.40 bits per heavy atom. The van der Waals surface area contributed by atoms with Gasteiger partial charge in [-0.15, -0.1) is 0 Å². The minimum Gasteiger partial charge on any atom is -0.455 e. The highest BCUT2D eigenvalue weighted by Gasteiger charge is 2.14. The molecule has 0 amide bonds. The number of furan rings is 1. The Morgan fingerprint density at radius 3 is 2.23 bits per heavy atom. The number of benzene rings is 4. The van der Waals surface area contributed by atoms with Crippen molar-refractivity contribution < 1.29 is 8.83 Å². The van der Waals surface area contributed by atoms with Crippen LogP contribution in [0.15, 0.2) is 87.7 Å². The van der Waals surface area contributed by atoms with E-state index in [1.165, 1.54) is 11.1 Å². The lowest BCUT2D eigenvalue weighted by Crippen LogP contribution is -1.83. The molecule has 0 aliphatic carbocycles. The first kappa shape index (κ1) is 17.0. The third-order valence-corrected chi connectivity index (χ3v) is 5.61. The van der Waals surface area contributed by atoms with Crippen LogP contribution in [0.5, 0.6) is 0 Å². The van der Waals surface area contributed by atoms with E-state index in [0.717, 1.165) is 49.7 Å². The van der Waals surface area contributed by atoms with Crippen molar-refractivity contribution in [2.24, 2.45) is 0 Å². The number of aromatic nitrogens is 1. The molecule has 0 unspecified atom stereocenters. The van der Waals surface area contributed by atoms with Crippen LogP contribution in [0.3, 0.4) is 0 Å². The van der Waals surface area contributed by atoms with Crippen molar-refractivity contribution >= 4 is 33.0 Å². The van der Waals surface area contributed by atoms with Crippen LogP contribution in [0.2, 0.25) is 0 Å². The van der Waals surface area contributed by atoms with Crippen molar-refractivity contribution in [1.29, 1.82) is 0 Å². The summed E-state index contributed by atoms with van der Waals surface area (Å²) in [5.41, 5.74) is 9.13. The van der Waals surface area contributed by atoms with Gasteiger partial charge >= 0.3 is 0 Å². The van der Waals surface area contributed by atoms with Crippen molar-refractivity contribution in [1.82, 2.24) is 4.98 Å². The van der Waals surface area contributed by atoms with E-state index in [2.05, 4.69) is 73.4 Å². The first-order chi connectivity index (χ1) is 14.7. The van der Waals surface area contributed by atoms with Crippen molar-refractivity contribution in [3.8, 4) is 22.6 Å². The molecule has 0 aliphatic rings. The first-order valence-corrected chi connectivity index (χ1v) is 10.1. The van der Waals surface area contributed by atoms with Crippen molar-refractivity contribution in [2.45, 2.75) is 13.8 Å². The van der Waals surface area contributed by atoms with Gasteiger partial charge in [0.15, 0.2) is 5.58 Å². The van der Waals surface area contributed by atoms with Crippen LogP contribution in [0.25, 0.3) is 55.6 Å². The zero-order valence-electron chi connectivity index (χ0n) is 16.8. The summed E-state index contributed by atoms with van der Waals surface area (Å²) in [7, 11) is 0. The van der Waals surface area contributed by atoms with Gasteiger partial charge in [-0.3, -0.25) is 0 Å². The second-order valence-corrected chi connectivity index (χ2v) is 7.85. The van der Waals surface area contributed by atoms with Crippen LogP contribution in [-0.4, -0.2) is 4.98 Å². The molecule has 6 rings (SSSR count). The van der Waals surface area contributed by atoms with Gasteiger partial charge in [0, 0.05) is 21.9 Å². The molecule has 0 saturated carbocycles. The Bertz CT molecular complexity index is 1520. The van der Waals surface area contributed by atoms with Crippen LogP contribution in [0.1, 0.15) is 11.1 Å². The van der Waals surface area contributed by atoms with Gasteiger partial charge in [-0.2, -0.15) is 0 Å². The Balaban J connectivity index is 1.49. The summed E-state index contributed by atoms with van der Waals surface area (Å²) in [6, 6.07) is 26.9. The number of aryl methyl sites for hydroxylation is 2. The zero-order chi connectivity index (χ0) is 20.2. The van der Waals surface area contributed by atoms with E-state index in [4.69, 9.17) is 8.83 Å². The summed E-state index contributed by atoms with van der Waals surface area (Å²) >= 11 is 0. The maximum atomic E-state index is 6.27. The Labute approximate surface area is 173 Å². The summed E-state index contributed by atoms with van der Waals surface area (Å²) in [4.78, 5) is 4.60. The second-order valence-electron chi connectivity index (χ2n) is 7.85. The van der Waals surface area contributed by atoms with Gasteiger partial charge in [0.2, 0.25) is 5.89 Å². The number of nitrogens with zero attached hydrogens (tertiary/aromatic N) is 1. The smallest absolute Gasteiger partial charge is 0.227 e. The highest BCUT2D eigenvalue weighted by molar-refractivity contribution is 6.10. The molecule has 144 valence electrons. The molecule has 30 heavy (non-hydrogen) atoms. The molecule has 0 radical (unpaired) electrons. The van der Waals surface area contributed by atoms with Crippen LogP contribution in [0.4, 0.5) is 0 Å². The summed E-state index contributed by atoms with van der Waals surface area (Å²) in [6.45, 7) is 4.24. The summed E-state index contributed by atoms with van der Waals surface area (Å²) in [6.07, 6.45) is 0. The van der Waals surface area contributed by atoms with Gasteiger partial charge in [0.05, 0.1) is 0 Å². The molecule has 0 saturated heterocycles. The Hall–Kier alpha value is -3.85. The zero-order valence-corrected chi connectivity index (χ0v) is 16.8. The second kappa shape index (κ2) is 6.33. The third kappa shape index (κ3) is 2.63. The number of fused-ring (bicyclic) bond motifs is 4. The van der Waals surface area contributed by atoms with Gasteiger partial charge < -0.3 is 8.83 Å².